The van der Waals surface area contributed by atoms with Crippen LogP contribution in [0, 0.1) is 0 Å². The smallest absolute Gasteiger partial charge is 0.0783 e. The second kappa shape index (κ2) is 3.67. The van der Waals surface area contributed by atoms with Gasteiger partial charge in [0.25, 0.3) is 0 Å². The van der Waals surface area contributed by atoms with Gasteiger partial charge < -0.3 is 16.8 Å². The van der Waals surface area contributed by atoms with Crippen molar-refractivity contribution in [3.05, 3.63) is 30.9 Å². The zero-order chi connectivity index (χ0) is 8.97. The first-order valence-electron chi connectivity index (χ1n) is 3.74. The Balaban J connectivity index is 2.84. The van der Waals surface area contributed by atoms with E-state index in [0.29, 0.717) is 17.9 Å². The highest BCUT2D eigenvalue weighted by Crippen LogP contribution is 2.23. The lowest BCUT2D eigenvalue weighted by Crippen LogP contribution is -2.03. The summed E-state index contributed by atoms with van der Waals surface area (Å²) in [5.74, 6) is 0. The third-order valence-corrected chi connectivity index (χ3v) is 1.58. The molecule has 64 valence electrons. The van der Waals surface area contributed by atoms with Gasteiger partial charge in [0.2, 0.25) is 0 Å². The predicted molar refractivity (Wildman–Crippen MR) is 54.0 cm³/mol. The summed E-state index contributed by atoms with van der Waals surface area (Å²) in [6.07, 6.45) is 1.77. The number of nitrogens with two attached hydrogens (primary N) is 2. The third kappa shape index (κ3) is 1.69. The number of nitrogens with one attached hydrogen (secondary N) is 1. The molecule has 0 fully saturated rings. The molecule has 0 amide bonds. The van der Waals surface area contributed by atoms with Crippen molar-refractivity contribution in [2.75, 3.05) is 23.3 Å². The Kier molecular flexibility index (Phi) is 2.58. The van der Waals surface area contributed by atoms with Crippen LogP contribution in [-0.2, 0) is 0 Å². The second-order valence-electron chi connectivity index (χ2n) is 2.48. The Bertz CT molecular complexity index is 281. The molecule has 0 saturated carbocycles. The molecule has 0 radical (unpaired) electrons. The van der Waals surface area contributed by atoms with E-state index >= 15 is 0 Å². The van der Waals surface area contributed by atoms with Gasteiger partial charge in [0.05, 0.1) is 17.1 Å². The number of anilines is 3. The first-order chi connectivity index (χ1) is 5.75. The molecule has 0 aliphatic heterocycles. The van der Waals surface area contributed by atoms with Crippen molar-refractivity contribution in [1.82, 2.24) is 0 Å². The van der Waals surface area contributed by atoms with Gasteiger partial charge in [-0.05, 0) is 12.1 Å². The first kappa shape index (κ1) is 8.46. The fourth-order valence-corrected chi connectivity index (χ4v) is 0.919. The monoisotopic (exact) mass is 163 g/mol. The van der Waals surface area contributed by atoms with Crippen LogP contribution >= 0.6 is 0 Å². The van der Waals surface area contributed by atoms with Gasteiger partial charge in [0.15, 0.2) is 0 Å². The zero-order valence-corrected chi connectivity index (χ0v) is 6.88. The molecular weight excluding hydrogens is 150 g/mol. The molecule has 1 aromatic carbocycles. The number of nitrogen functional groups attached to an aromatic ring is 2. The molecule has 3 nitrogen and oxygen atoms in total. The summed E-state index contributed by atoms with van der Waals surface area (Å²) in [5, 5.41) is 3.08. The Morgan fingerprint density at radius 1 is 1.42 bits per heavy atom. The molecule has 0 aromatic heterocycles. The maximum Gasteiger partial charge on any atom is 0.0783 e. The van der Waals surface area contributed by atoms with Crippen molar-refractivity contribution < 1.29 is 0 Å². The highest BCUT2D eigenvalue weighted by Gasteiger charge is 1.98. The lowest BCUT2D eigenvalue weighted by molar-refractivity contribution is 1.34. The van der Waals surface area contributed by atoms with Crippen LogP contribution in [0.1, 0.15) is 0 Å². The van der Waals surface area contributed by atoms with E-state index in [0.717, 1.165) is 5.69 Å². The normalized spacial score (nSPS) is 9.33. The van der Waals surface area contributed by atoms with E-state index in [-0.39, 0.29) is 0 Å². The van der Waals surface area contributed by atoms with E-state index in [2.05, 4.69) is 11.9 Å². The maximum atomic E-state index is 5.70. The molecule has 0 heterocycles. The molecule has 0 aliphatic carbocycles. The molecular formula is C9H13N3. The fraction of sp³-hybridized carbons (Fsp3) is 0.111. The van der Waals surface area contributed by atoms with Crippen LogP contribution in [0.4, 0.5) is 17.1 Å². The first-order valence-corrected chi connectivity index (χ1v) is 3.74. The van der Waals surface area contributed by atoms with E-state index in [1.807, 2.05) is 12.1 Å². The van der Waals surface area contributed by atoms with Crippen molar-refractivity contribution in [2.24, 2.45) is 0 Å². The quantitative estimate of drug-likeness (QED) is 0.466. The van der Waals surface area contributed by atoms with E-state index in [4.69, 9.17) is 11.5 Å². The molecule has 0 spiro atoms. The SMILES string of the molecule is C=CCNc1cccc(N)c1N. The minimum absolute atomic E-state index is 0.597. The molecule has 0 bridgehead atoms. The van der Waals surface area contributed by atoms with Crippen molar-refractivity contribution >= 4 is 17.1 Å². The topological polar surface area (TPSA) is 64.1 Å². The van der Waals surface area contributed by atoms with Gasteiger partial charge in [-0.15, -0.1) is 6.58 Å². The minimum Gasteiger partial charge on any atom is -0.397 e. The summed E-state index contributed by atoms with van der Waals surface area (Å²) >= 11 is 0. The average Bonchev–Trinajstić information content (AvgIpc) is 2.08. The standard InChI is InChI=1S/C9H13N3/c1-2-6-12-8-5-3-4-7(10)9(8)11/h2-5,12H,1,6,10-11H2. The van der Waals surface area contributed by atoms with Gasteiger partial charge in [-0.2, -0.15) is 0 Å². The molecule has 5 N–H and O–H groups in total. The number of benzene rings is 1. The molecule has 3 heteroatoms. The lowest BCUT2D eigenvalue weighted by atomic mass is 10.2. The van der Waals surface area contributed by atoms with Gasteiger partial charge in [-0.25, -0.2) is 0 Å². The largest absolute Gasteiger partial charge is 0.397 e. The lowest BCUT2D eigenvalue weighted by Gasteiger charge is -2.08. The van der Waals surface area contributed by atoms with Crippen LogP contribution in [0.25, 0.3) is 0 Å². The maximum absolute atomic E-state index is 5.70. The van der Waals surface area contributed by atoms with Crippen molar-refractivity contribution in [2.45, 2.75) is 0 Å². The average molecular weight is 163 g/mol. The molecule has 0 unspecified atom stereocenters. The Morgan fingerprint density at radius 2 is 2.17 bits per heavy atom. The van der Waals surface area contributed by atoms with Gasteiger partial charge >= 0.3 is 0 Å². The molecule has 1 rings (SSSR count). The number of rotatable bonds is 3. The number of hydrogen-bond acceptors (Lipinski definition) is 3. The highest BCUT2D eigenvalue weighted by atomic mass is 14.9. The van der Waals surface area contributed by atoms with Gasteiger partial charge in [0, 0.05) is 6.54 Å². The van der Waals surface area contributed by atoms with Crippen LogP contribution in [0.5, 0.6) is 0 Å². The summed E-state index contributed by atoms with van der Waals surface area (Å²) in [6, 6.07) is 5.51. The van der Waals surface area contributed by atoms with Crippen LogP contribution < -0.4 is 16.8 Å². The van der Waals surface area contributed by atoms with Crippen LogP contribution in [0.3, 0.4) is 0 Å². The number of hydrogen-bond donors (Lipinski definition) is 3. The van der Waals surface area contributed by atoms with Crippen LogP contribution in [-0.4, -0.2) is 6.54 Å². The summed E-state index contributed by atoms with van der Waals surface area (Å²) in [5.41, 5.74) is 13.4. The highest BCUT2D eigenvalue weighted by molar-refractivity contribution is 5.78. The fourth-order valence-electron chi connectivity index (χ4n) is 0.919. The van der Waals surface area contributed by atoms with Crippen LogP contribution in [0.15, 0.2) is 30.9 Å². The zero-order valence-electron chi connectivity index (χ0n) is 6.88. The molecule has 0 saturated heterocycles. The molecule has 0 aliphatic rings. The van der Waals surface area contributed by atoms with E-state index in [1.54, 1.807) is 12.1 Å². The molecule has 12 heavy (non-hydrogen) atoms. The number of para-hydroxylation sites is 1. The Morgan fingerprint density at radius 3 is 2.83 bits per heavy atom. The van der Waals surface area contributed by atoms with Crippen molar-refractivity contribution in [1.29, 1.82) is 0 Å². The van der Waals surface area contributed by atoms with Gasteiger partial charge in [0.1, 0.15) is 0 Å². The Hall–Kier alpha value is -1.64. The Labute approximate surface area is 72.1 Å². The van der Waals surface area contributed by atoms with Gasteiger partial charge in [-0.3, -0.25) is 0 Å². The van der Waals surface area contributed by atoms with E-state index in [9.17, 15) is 0 Å². The summed E-state index contributed by atoms with van der Waals surface area (Å²) in [7, 11) is 0. The minimum atomic E-state index is 0.597. The van der Waals surface area contributed by atoms with E-state index < -0.39 is 0 Å². The van der Waals surface area contributed by atoms with Crippen molar-refractivity contribution in [3.63, 3.8) is 0 Å². The van der Waals surface area contributed by atoms with Gasteiger partial charge in [-0.1, -0.05) is 12.1 Å². The molecule has 1 aromatic rings. The summed E-state index contributed by atoms with van der Waals surface area (Å²) in [4.78, 5) is 0. The van der Waals surface area contributed by atoms with Crippen molar-refractivity contribution in [3.8, 4) is 0 Å². The predicted octanol–water partition coefficient (Wildman–Crippen LogP) is 1.45. The second-order valence-corrected chi connectivity index (χ2v) is 2.48. The molecule has 0 atom stereocenters. The third-order valence-electron chi connectivity index (χ3n) is 1.58. The summed E-state index contributed by atoms with van der Waals surface area (Å²) < 4.78 is 0. The summed E-state index contributed by atoms with van der Waals surface area (Å²) in [6.45, 7) is 4.28. The van der Waals surface area contributed by atoms with E-state index in [1.165, 1.54) is 0 Å². The van der Waals surface area contributed by atoms with Crippen LogP contribution in [0.2, 0.25) is 0 Å².